The normalized spacial score (nSPS) is 12.2. The van der Waals surface area contributed by atoms with Crippen molar-refractivity contribution in [2.45, 2.75) is 46.1 Å². The van der Waals surface area contributed by atoms with Gasteiger partial charge in [-0.05, 0) is 50.8 Å². The molecule has 3 heteroatoms. The van der Waals surface area contributed by atoms with Gasteiger partial charge in [-0.2, -0.15) is 0 Å². The Bertz CT molecular complexity index is 348. The fraction of sp³-hybridized carbons (Fsp3) is 0.600. The highest BCUT2D eigenvalue weighted by Crippen LogP contribution is 2.29. The summed E-state index contributed by atoms with van der Waals surface area (Å²) >= 11 is 0. The van der Waals surface area contributed by atoms with Crippen molar-refractivity contribution < 1.29 is 14.6 Å². The van der Waals surface area contributed by atoms with E-state index in [1.54, 1.807) is 0 Å². The van der Waals surface area contributed by atoms with Crippen LogP contribution >= 0.6 is 0 Å². The number of ether oxygens (including phenoxy) is 2. The first-order chi connectivity index (χ1) is 8.67. The summed E-state index contributed by atoms with van der Waals surface area (Å²) in [5, 5.41) is 9.30. The van der Waals surface area contributed by atoms with E-state index in [1.165, 1.54) is 5.56 Å². The van der Waals surface area contributed by atoms with Gasteiger partial charge in [0.05, 0.1) is 19.3 Å². The van der Waals surface area contributed by atoms with Crippen LogP contribution < -0.4 is 9.47 Å². The molecule has 0 aliphatic heterocycles. The molecule has 0 radical (unpaired) electrons. The SMILES string of the molecule is CCCOc1ccc(CCC(C)O)cc1OCC. The Kier molecular flexibility index (Phi) is 6.58. The zero-order valence-corrected chi connectivity index (χ0v) is 11.6. The zero-order valence-electron chi connectivity index (χ0n) is 11.6. The predicted octanol–water partition coefficient (Wildman–Crippen LogP) is 3.19. The second kappa shape index (κ2) is 7.98. The van der Waals surface area contributed by atoms with Crippen LogP contribution in [0.15, 0.2) is 18.2 Å². The van der Waals surface area contributed by atoms with E-state index in [4.69, 9.17) is 9.47 Å². The van der Waals surface area contributed by atoms with E-state index in [2.05, 4.69) is 6.92 Å². The number of aliphatic hydroxyl groups excluding tert-OH is 1. The third kappa shape index (κ3) is 4.96. The van der Waals surface area contributed by atoms with Gasteiger partial charge < -0.3 is 14.6 Å². The second-order valence-electron chi connectivity index (χ2n) is 4.45. The van der Waals surface area contributed by atoms with E-state index in [0.717, 1.165) is 30.8 Å². The Morgan fingerprint density at radius 1 is 1.17 bits per heavy atom. The van der Waals surface area contributed by atoms with Crippen LogP contribution in [-0.4, -0.2) is 24.4 Å². The summed E-state index contributed by atoms with van der Waals surface area (Å²) in [5.41, 5.74) is 1.17. The molecule has 0 fully saturated rings. The first kappa shape index (κ1) is 14.8. The average molecular weight is 252 g/mol. The highest BCUT2D eigenvalue weighted by molar-refractivity contribution is 5.43. The standard InChI is InChI=1S/C15H24O3/c1-4-10-18-14-9-8-13(7-6-12(3)16)11-15(14)17-5-2/h8-9,11-12,16H,4-7,10H2,1-3H3. The van der Waals surface area contributed by atoms with Crippen molar-refractivity contribution in [2.24, 2.45) is 0 Å². The van der Waals surface area contributed by atoms with Crippen molar-refractivity contribution in [3.05, 3.63) is 23.8 Å². The number of hydrogen-bond acceptors (Lipinski definition) is 3. The molecule has 18 heavy (non-hydrogen) atoms. The van der Waals surface area contributed by atoms with Gasteiger partial charge in [-0.3, -0.25) is 0 Å². The van der Waals surface area contributed by atoms with E-state index < -0.39 is 0 Å². The van der Waals surface area contributed by atoms with E-state index in [-0.39, 0.29) is 6.10 Å². The molecule has 0 saturated heterocycles. The Balaban J connectivity index is 2.74. The van der Waals surface area contributed by atoms with Gasteiger partial charge in [0.15, 0.2) is 11.5 Å². The number of rotatable bonds is 8. The predicted molar refractivity (Wildman–Crippen MR) is 73.4 cm³/mol. The molecule has 1 aromatic carbocycles. The molecule has 0 saturated carbocycles. The third-order valence-corrected chi connectivity index (χ3v) is 2.62. The smallest absolute Gasteiger partial charge is 0.161 e. The lowest BCUT2D eigenvalue weighted by atomic mass is 10.1. The monoisotopic (exact) mass is 252 g/mol. The number of benzene rings is 1. The largest absolute Gasteiger partial charge is 0.490 e. The van der Waals surface area contributed by atoms with Crippen molar-refractivity contribution in [1.82, 2.24) is 0 Å². The molecule has 0 bridgehead atoms. The summed E-state index contributed by atoms with van der Waals surface area (Å²) in [6.45, 7) is 7.18. The minimum atomic E-state index is -0.267. The lowest BCUT2D eigenvalue weighted by molar-refractivity contribution is 0.185. The van der Waals surface area contributed by atoms with Crippen molar-refractivity contribution >= 4 is 0 Å². The quantitative estimate of drug-likeness (QED) is 0.772. The Labute approximate surface area is 110 Å². The molecule has 0 spiro atoms. The van der Waals surface area contributed by atoms with Gasteiger partial charge in [-0.15, -0.1) is 0 Å². The van der Waals surface area contributed by atoms with Crippen LogP contribution in [0.1, 0.15) is 39.2 Å². The van der Waals surface area contributed by atoms with Crippen molar-refractivity contribution in [3.63, 3.8) is 0 Å². The van der Waals surface area contributed by atoms with E-state index in [0.29, 0.717) is 13.2 Å². The highest BCUT2D eigenvalue weighted by atomic mass is 16.5. The van der Waals surface area contributed by atoms with E-state index in [1.807, 2.05) is 32.0 Å². The van der Waals surface area contributed by atoms with Crippen LogP contribution in [0.4, 0.5) is 0 Å². The molecule has 3 nitrogen and oxygen atoms in total. The average Bonchev–Trinajstić information content (AvgIpc) is 2.35. The van der Waals surface area contributed by atoms with Gasteiger partial charge in [-0.25, -0.2) is 0 Å². The molecular formula is C15H24O3. The summed E-state index contributed by atoms with van der Waals surface area (Å²) in [6.07, 6.45) is 2.33. The third-order valence-electron chi connectivity index (χ3n) is 2.62. The molecule has 0 aliphatic rings. The molecule has 0 aromatic heterocycles. The maximum absolute atomic E-state index is 9.30. The molecule has 0 amide bonds. The molecule has 1 N–H and O–H groups in total. The summed E-state index contributed by atoms with van der Waals surface area (Å²) in [5.74, 6) is 1.61. The summed E-state index contributed by atoms with van der Waals surface area (Å²) in [6, 6.07) is 6.00. The topological polar surface area (TPSA) is 38.7 Å². The number of aliphatic hydroxyl groups is 1. The number of aryl methyl sites for hydroxylation is 1. The van der Waals surface area contributed by atoms with Crippen LogP contribution in [-0.2, 0) is 6.42 Å². The second-order valence-corrected chi connectivity index (χ2v) is 4.45. The summed E-state index contributed by atoms with van der Waals surface area (Å²) in [7, 11) is 0. The Morgan fingerprint density at radius 2 is 1.94 bits per heavy atom. The van der Waals surface area contributed by atoms with Crippen molar-refractivity contribution in [3.8, 4) is 11.5 Å². The fourth-order valence-corrected chi connectivity index (χ4v) is 1.68. The van der Waals surface area contributed by atoms with Gasteiger partial charge in [0, 0.05) is 0 Å². The van der Waals surface area contributed by atoms with Gasteiger partial charge >= 0.3 is 0 Å². The molecule has 102 valence electrons. The first-order valence-corrected chi connectivity index (χ1v) is 6.74. The van der Waals surface area contributed by atoms with Crippen LogP contribution in [0.25, 0.3) is 0 Å². The maximum Gasteiger partial charge on any atom is 0.161 e. The van der Waals surface area contributed by atoms with E-state index >= 15 is 0 Å². The lowest BCUT2D eigenvalue weighted by Gasteiger charge is -2.13. The molecule has 0 aliphatic carbocycles. The maximum atomic E-state index is 9.30. The molecule has 1 unspecified atom stereocenters. The Morgan fingerprint density at radius 3 is 2.56 bits per heavy atom. The molecule has 1 rings (SSSR count). The minimum Gasteiger partial charge on any atom is -0.490 e. The first-order valence-electron chi connectivity index (χ1n) is 6.74. The summed E-state index contributed by atoms with van der Waals surface area (Å²) < 4.78 is 11.2. The van der Waals surface area contributed by atoms with Gasteiger partial charge in [0.1, 0.15) is 0 Å². The fourth-order valence-electron chi connectivity index (χ4n) is 1.68. The number of hydrogen-bond donors (Lipinski definition) is 1. The summed E-state index contributed by atoms with van der Waals surface area (Å²) in [4.78, 5) is 0. The Hall–Kier alpha value is -1.22. The zero-order chi connectivity index (χ0) is 13.4. The van der Waals surface area contributed by atoms with Crippen LogP contribution in [0.5, 0.6) is 11.5 Å². The van der Waals surface area contributed by atoms with Crippen LogP contribution in [0, 0.1) is 0 Å². The van der Waals surface area contributed by atoms with Crippen LogP contribution in [0.3, 0.4) is 0 Å². The molecule has 1 atom stereocenters. The minimum absolute atomic E-state index is 0.267. The van der Waals surface area contributed by atoms with E-state index in [9.17, 15) is 5.11 Å². The molecule has 0 heterocycles. The van der Waals surface area contributed by atoms with Gasteiger partial charge in [-0.1, -0.05) is 13.0 Å². The van der Waals surface area contributed by atoms with Crippen LogP contribution in [0.2, 0.25) is 0 Å². The molecule has 1 aromatic rings. The van der Waals surface area contributed by atoms with Gasteiger partial charge in [0.25, 0.3) is 0 Å². The molecular weight excluding hydrogens is 228 g/mol. The van der Waals surface area contributed by atoms with Gasteiger partial charge in [0.2, 0.25) is 0 Å². The highest BCUT2D eigenvalue weighted by Gasteiger charge is 2.07. The lowest BCUT2D eigenvalue weighted by Crippen LogP contribution is -2.03. The van der Waals surface area contributed by atoms with Crippen molar-refractivity contribution in [1.29, 1.82) is 0 Å². The van der Waals surface area contributed by atoms with Crippen molar-refractivity contribution in [2.75, 3.05) is 13.2 Å².